The number of hydrogen-bond donors (Lipinski definition) is 2. The number of carbonyl (C=O) groups is 1. The average Bonchev–Trinajstić information content (AvgIpc) is 3.18. The number of carbonyl (C=O) groups excluding carboxylic acids is 1. The zero-order valence-electron chi connectivity index (χ0n) is 16.7. The maximum atomic E-state index is 12.4. The highest BCUT2D eigenvalue weighted by molar-refractivity contribution is 5.78. The minimum Gasteiger partial charge on any atom is -0.459 e. The summed E-state index contributed by atoms with van der Waals surface area (Å²) in [6.45, 7) is 6.72. The van der Waals surface area contributed by atoms with E-state index in [2.05, 4.69) is 27.7 Å². The highest BCUT2D eigenvalue weighted by Crippen LogP contribution is 2.23. The molecule has 3 aromatic rings. The Hall–Kier alpha value is -2.83. The van der Waals surface area contributed by atoms with Crippen LogP contribution in [0.3, 0.4) is 0 Å². The molecule has 2 N–H and O–H groups in total. The van der Waals surface area contributed by atoms with E-state index in [-0.39, 0.29) is 12.1 Å². The zero-order chi connectivity index (χ0) is 20.1. The molecule has 1 atom stereocenters. The lowest BCUT2D eigenvalue weighted by molar-refractivity contribution is 0.0341. The number of nitrogens with one attached hydrogen (secondary N) is 2. The number of para-hydroxylation sites is 1. The van der Waals surface area contributed by atoms with E-state index in [9.17, 15) is 4.79 Å². The second-order valence-electron chi connectivity index (χ2n) is 7.39. The largest absolute Gasteiger partial charge is 0.459 e. The molecule has 1 aliphatic rings. The van der Waals surface area contributed by atoms with Gasteiger partial charge in [-0.2, -0.15) is 0 Å². The van der Waals surface area contributed by atoms with Crippen molar-refractivity contribution in [1.29, 1.82) is 0 Å². The number of morpholine rings is 1. The fourth-order valence-electron chi connectivity index (χ4n) is 3.59. The van der Waals surface area contributed by atoms with Crippen molar-refractivity contribution in [1.82, 2.24) is 15.5 Å². The van der Waals surface area contributed by atoms with E-state index in [1.165, 1.54) is 5.56 Å². The maximum Gasteiger partial charge on any atom is 0.315 e. The quantitative estimate of drug-likeness (QED) is 0.668. The number of amides is 2. The first-order chi connectivity index (χ1) is 14.2. The summed E-state index contributed by atoms with van der Waals surface area (Å²) in [7, 11) is 0. The monoisotopic (exact) mass is 393 g/mol. The minimum atomic E-state index is -0.217. The number of hydrogen-bond acceptors (Lipinski definition) is 4. The third-order valence-corrected chi connectivity index (χ3v) is 5.27. The van der Waals surface area contributed by atoms with Crippen LogP contribution in [0.4, 0.5) is 4.79 Å². The van der Waals surface area contributed by atoms with E-state index in [4.69, 9.17) is 9.15 Å². The van der Waals surface area contributed by atoms with E-state index in [0.29, 0.717) is 6.54 Å². The van der Waals surface area contributed by atoms with Gasteiger partial charge < -0.3 is 19.8 Å². The number of nitrogens with zero attached hydrogens (tertiary/aromatic N) is 1. The molecule has 6 heteroatoms. The van der Waals surface area contributed by atoms with Crippen LogP contribution in [0.2, 0.25) is 0 Å². The highest BCUT2D eigenvalue weighted by Gasteiger charge is 2.15. The highest BCUT2D eigenvalue weighted by atomic mass is 16.5. The van der Waals surface area contributed by atoms with Gasteiger partial charge in [0.2, 0.25) is 0 Å². The fraction of sp³-hybridized carbons (Fsp3) is 0.348. The Morgan fingerprint density at radius 3 is 2.59 bits per heavy atom. The molecule has 0 saturated carbocycles. The lowest BCUT2D eigenvalue weighted by Gasteiger charge is -2.27. The number of furan rings is 1. The van der Waals surface area contributed by atoms with Crippen LogP contribution in [0.5, 0.6) is 0 Å². The Morgan fingerprint density at radius 1 is 1.07 bits per heavy atom. The molecule has 0 radical (unpaired) electrons. The second kappa shape index (κ2) is 9.11. The average molecular weight is 393 g/mol. The standard InChI is InChI=1S/C23H27N3O3/c1-17(22-14-18-6-4-5-9-21(18)29-22)25-23(27)24-15-19-7-2-3-8-20(19)16-26-10-12-28-13-11-26/h2-9,14,17H,10-13,15-16H2,1H3,(H2,24,25,27). The van der Waals surface area contributed by atoms with Gasteiger partial charge in [0, 0.05) is 31.6 Å². The molecule has 1 saturated heterocycles. The summed E-state index contributed by atoms with van der Waals surface area (Å²) < 4.78 is 11.3. The van der Waals surface area contributed by atoms with Crippen molar-refractivity contribution in [3.05, 3.63) is 71.5 Å². The topological polar surface area (TPSA) is 66.7 Å². The summed E-state index contributed by atoms with van der Waals surface area (Å²) in [6.07, 6.45) is 0. The van der Waals surface area contributed by atoms with Crippen LogP contribution in [0, 0.1) is 0 Å². The van der Waals surface area contributed by atoms with Gasteiger partial charge >= 0.3 is 6.03 Å². The molecule has 0 bridgehead atoms. The van der Waals surface area contributed by atoms with Crippen LogP contribution in [0.25, 0.3) is 11.0 Å². The molecule has 6 nitrogen and oxygen atoms in total. The molecule has 2 amide bonds. The van der Waals surface area contributed by atoms with Crippen molar-refractivity contribution in [3.8, 4) is 0 Å². The Bertz CT molecular complexity index is 930. The Kier molecular flexibility index (Phi) is 6.12. The first-order valence-electron chi connectivity index (χ1n) is 10.1. The molecule has 152 valence electrons. The van der Waals surface area contributed by atoms with Gasteiger partial charge in [0.25, 0.3) is 0 Å². The fourth-order valence-corrected chi connectivity index (χ4v) is 3.59. The molecule has 4 rings (SSSR count). The van der Waals surface area contributed by atoms with Crippen molar-refractivity contribution in [2.24, 2.45) is 0 Å². The van der Waals surface area contributed by atoms with Crippen LogP contribution in [-0.2, 0) is 17.8 Å². The predicted octanol–water partition coefficient (Wildman–Crippen LogP) is 3.83. The van der Waals surface area contributed by atoms with Gasteiger partial charge in [-0.25, -0.2) is 4.79 Å². The van der Waals surface area contributed by atoms with Crippen LogP contribution in [0.15, 0.2) is 59.0 Å². The molecule has 1 aliphatic heterocycles. The first kappa shape index (κ1) is 19.5. The van der Waals surface area contributed by atoms with Crippen molar-refractivity contribution in [2.45, 2.75) is 26.1 Å². The number of benzene rings is 2. The van der Waals surface area contributed by atoms with Gasteiger partial charge in [-0.15, -0.1) is 0 Å². The van der Waals surface area contributed by atoms with E-state index in [1.807, 2.05) is 49.4 Å². The number of fused-ring (bicyclic) bond motifs is 1. The van der Waals surface area contributed by atoms with Gasteiger partial charge in [-0.3, -0.25) is 4.90 Å². The molecule has 1 aromatic heterocycles. The Labute approximate surface area is 170 Å². The predicted molar refractivity (Wildman–Crippen MR) is 113 cm³/mol. The van der Waals surface area contributed by atoms with Gasteiger partial charge in [0.1, 0.15) is 11.3 Å². The van der Waals surface area contributed by atoms with Gasteiger partial charge in [0.05, 0.1) is 19.3 Å². The van der Waals surface area contributed by atoms with Gasteiger partial charge in [-0.05, 0) is 30.2 Å². The van der Waals surface area contributed by atoms with Gasteiger partial charge in [-0.1, -0.05) is 42.5 Å². The van der Waals surface area contributed by atoms with E-state index < -0.39 is 0 Å². The summed E-state index contributed by atoms with van der Waals surface area (Å²) in [4.78, 5) is 14.8. The molecule has 29 heavy (non-hydrogen) atoms. The second-order valence-corrected chi connectivity index (χ2v) is 7.39. The van der Waals surface area contributed by atoms with Crippen molar-refractivity contribution in [2.75, 3.05) is 26.3 Å². The zero-order valence-corrected chi connectivity index (χ0v) is 16.7. The summed E-state index contributed by atoms with van der Waals surface area (Å²) in [6, 6.07) is 17.6. The Balaban J connectivity index is 1.33. The molecule has 0 aliphatic carbocycles. The number of urea groups is 1. The molecule has 1 fully saturated rings. The molecular weight excluding hydrogens is 366 g/mol. The maximum absolute atomic E-state index is 12.4. The number of ether oxygens (including phenoxy) is 1. The summed E-state index contributed by atoms with van der Waals surface area (Å²) >= 11 is 0. The van der Waals surface area contributed by atoms with Crippen LogP contribution in [-0.4, -0.2) is 37.2 Å². The molecule has 2 heterocycles. The molecule has 0 spiro atoms. The minimum absolute atomic E-state index is 0.209. The lowest BCUT2D eigenvalue weighted by atomic mass is 10.1. The summed E-state index contributed by atoms with van der Waals surface area (Å²) in [5.74, 6) is 0.745. The van der Waals surface area contributed by atoms with E-state index in [0.717, 1.165) is 55.1 Å². The van der Waals surface area contributed by atoms with Crippen molar-refractivity contribution in [3.63, 3.8) is 0 Å². The SMILES string of the molecule is CC(NC(=O)NCc1ccccc1CN1CCOCC1)c1cc2ccccc2o1. The lowest BCUT2D eigenvalue weighted by Crippen LogP contribution is -2.37. The van der Waals surface area contributed by atoms with Crippen LogP contribution < -0.4 is 10.6 Å². The molecule has 1 unspecified atom stereocenters. The van der Waals surface area contributed by atoms with Crippen molar-refractivity contribution < 1.29 is 13.9 Å². The van der Waals surface area contributed by atoms with Crippen LogP contribution >= 0.6 is 0 Å². The molecular formula is C23H27N3O3. The smallest absolute Gasteiger partial charge is 0.315 e. The summed E-state index contributed by atoms with van der Waals surface area (Å²) in [5, 5.41) is 6.97. The third-order valence-electron chi connectivity index (χ3n) is 5.27. The first-order valence-corrected chi connectivity index (χ1v) is 10.1. The Morgan fingerprint density at radius 2 is 1.79 bits per heavy atom. The third kappa shape index (κ3) is 4.96. The van der Waals surface area contributed by atoms with Gasteiger partial charge in [0.15, 0.2) is 0 Å². The van der Waals surface area contributed by atoms with E-state index >= 15 is 0 Å². The normalized spacial score (nSPS) is 15.9. The van der Waals surface area contributed by atoms with Crippen LogP contribution in [0.1, 0.15) is 29.9 Å². The molecule has 2 aromatic carbocycles. The number of rotatable bonds is 6. The van der Waals surface area contributed by atoms with Crippen molar-refractivity contribution >= 4 is 17.0 Å². The summed E-state index contributed by atoms with van der Waals surface area (Å²) in [5.41, 5.74) is 3.19. The van der Waals surface area contributed by atoms with E-state index in [1.54, 1.807) is 0 Å².